The van der Waals surface area contributed by atoms with Crippen LogP contribution < -0.4 is 10.5 Å². The average Bonchev–Trinajstić information content (AvgIpc) is 2.84. The van der Waals surface area contributed by atoms with Crippen molar-refractivity contribution in [3.05, 3.63) is 45.9 Å². The van der Waals surface area contributed by atoms with E-state index in [9.17, 15) is 0 Å². The summed E-state index contributed by atoms with van der Waals surface area (Å²) in [5, 5.41) is 2.93. The fraction of sp³-hybridized carbons (Fsp3) is 0.400. The fourth-order valence-electron chi connectivity index (χ4n) is 1.71. The zero-order chi connectivity index (χ0) is 13.9. The van der Waals surface area contributed by atoms with Crippen LogP contribution in [0.3, 0.4) is 0 Å². The van der Waals surface area contributed by atoms with E-state index in [1.165, 1.54) is 5.56 Å². The Morgan fingerprint density at radius 3 is 2.42 bits per heavy atom. The van der Waals surface area contributed by atoms with E-state index in [1.54, 1.807) is 11.3 Å². The van der Waals surface area contributed by atoms with Gasteiger partial charge >= 0.3 is 0 Å². The minimum atomic E-state index is 0.171. The molecule has 0 radical (unpaired) electrons. The van der Waals surface area contributed by atoms with Gasteiger partial charge in [-0.15, -0.1) is 11.3 Å². The number of nitrogens with zero attached hydrogens (tertiary/aromatic N) is 1. The van der Waals surface area contributed by atoms with Crippen LogP contribution in [-0.2, 0) is 18.6 Å². The normalized spacial score (nSPS) is 11.6. The van der Waals surface area contributed by atoms with Gasteiger partial charge in [-0.3, -0.25) is 0 Å². The van der Waals surface area contributed by atoms with Gasteiger partial charge in [0.05, 0.1) is 5.69 Å². The van der Waals surface area contributed by atoms with Crippen LogP contribution in [0.2, 0.25) is 0 Å². The molecule has 0 saturated carbocycles. The van der Waals surface area contributed by atoms with Crippen LogP contribution in [0.15, 0.2) is 29.6 Å². The summed E-state index contributed by atoms with van der Waals surface area (Å²) in [5.74, 6) is 0.873. The number of benzene rings is 1. The van der Waals surface area contributed by atoms with Crippen molar-refractivity contribution < 1.29 is 4.74 Å². The summed E-state index contributed by atoms with van der Waals surface area (Å²) in [5.41, 5.74) is 7.93. The molecule has 2 rings (SSSR count). The van der Waals surface area contributed by atoms with Crippen LogP contribution in [-0.4, -0.2) is 4.98 Å². The highest BCUT2D eigenvalue weighted by atomic mass is 32.1. The van der Waals surface area contributed by atoms with E-state index in [0.29, 0.717) is 13.2 Å². The summed E-state index contributed by atoms with van der Waals surface area (Å²) >= 11 is 1.58. The molecule has 1 heterocycles. The van der Waals surface area contributed by atoms with Crippen LogP contribution in [0.1, 0.15) is 37.0 Å². The van der Waals surface area contributed by atoms with E-state index in [0.717, 1.165) is 16.5 Å². The zero-order valence-electron chi connectivity index (χ0n) is 11.6. The first-order valence-electron chi connectivity index (χ1n) is 6.36. The smallest absolute Gasteiger partial charge is 0.140 e. The molecule has 0 bridgehead atoms. The summed E-state index contributed by atoms with van der Waals surface area (Å²) in [6.45, 7) is 7.59. The first kappa shape index (κ1) is 14.0. The van der Waals surface area contributed by atoms with E-state index < -0.39 is 0 Å². The van der Waals surface area contributed by atoms with E-state index in [2.05, 4.69) is 37.9 Å². The molecule has 19 heavy (non-hydrogen) atoms. The lowest BCUT2D eigenvalue weighted by Gasteiger charge is -2.19. The number of hydrogen-bond acceptors (Lipinski definition) is 4. The van der Waals surface area contributed by atoms with Crippen molar-refractivity contribution in [2.24, 2.45) is 5.73 Å². The maximum atomic E-state index is 5.72. The van der Waals surface area contributed by atoms with E-state index in [1.807, 2.05) is 17.5 Å². The van der Waals surface area contributed by atoms with Gasteiger partial charge in [0, 0.05) is 11.9 Å². The van der Waals surface area contributed by atoms with Gasteiger partial charge in [-0.2, -0.15) is 0 Å². The third-order valence-corrected chi connectivity index (χ3v) is 3.76. The zero-order valence-corrected chi connectivity index (χ0v) is 12.5. The van der Waals surface area contributed by atoms with Crippen LogP contribution in [0.25, 0.3) is 0 Å². The number of ether oxygens (including phenoxy) is 1. The largest absolute Gasteiger partial charge is 0.486 e. The van der Waals surface area contributed by atoms with Crippen molar-refractivity contribution in [3.63, 3.8) is 0 Å². The summed E-state index contributed by atoms with van der Waals surface area (Å²) in [4.78, 5) is 4.37. The van der Waals surface area contributed by atoms with Crippen molar-refractivity contribution in [2.75, 3.05) is 0 Å². The number of nitrogens with two attached hydrogens (primary N) is 1. The molecular weight excluding hydrogens is 256 g/mol. The molecule has 0 spiro atoms. The number of hydrogen-bond donors (Lipinski definition) is 1. The topological polar surface area (TPSA) is 48.1 Å². The highest BCUT2D eigenvalue weighted by molar-refractivity contribution is 7.09. The Hall–Kier alpha value is -1.39. The lowest BCUT2D eigenvalue weighted by molar-refractivity contribution is 0.305. The molecule has 0 saturated heterocycles. The minimum Gasteiger partial charge on any atom is -0.486 e. The summed E-state index contributed by atoms with van der Waals surface area (Å²) in [7, 11) is 0. The van der Waals surface area contributed by atoms with E-state index in [4.69, 9.17) is 10.5 Å². The number of thiazole rings is 1. The molecule has 2 N–H and O–H groups in total. The molecule has 0 aliphatic rings. The Morgan fingerprint density at radius 2 is 1.89 bits per heavy atom. The number of aromatic nitrogens is 1. The maximum absolute atomic E-state index is 5.72. The molecule has 0 aliphatic carbocycles. The average molecular weight is 276 g/mol. The second-order valence-corrected chi connectivity index (χ2v) is 6.44. The second-order valence-electron chi connectivity index (χ2n) is 5.50. The molecule has 0 unspecified atom stereocenters. The molecule has 3 nitrogen and oxygen atoms in total. The summed E-state index contributed by atoms with van der Waals surface area (Å²) in [6, 6.07) is 8.25. The Kier molecular flexibility index (Phi) is 4.22. The highest BCUT2D eigenvalue weighted by Crippen LogP contribution is 2.24. The first-order chi connectivity index (χ1) is 8.99. The van der Waals surface area contributed by atoms with Gasteiger partial charge in [-0.05, 0) is 23.1 Å². The van der Waals surface area contributed by atoms with Gasteiger partial charge in [-0.1, -0.05) is 32.9 Å². The van der Waals surface area contributed by atoms with Gasteiger partial charge in [-0.25, -0.2) is 4.98 Å². The molecule has 4 heteroatoms. The van der Waals surface area contributed by atoms with Gasteiger partial charge in [0.2, 0.25) is 0 Å². The quantitative estimate of drug-likeness (QED) is 0.930. The lowest BCUT2D eigenvalue weighted by Crippen LogP contribution is -2.10. The van der Waals surface area contributed by atoms with Crippen LogP contribution in [0, 0.1) is 0 Å². The molecule has 1 aromatic heterocycles. The maximum Gasteiger partial charge on any atom is 0.140 e. The van der Waals surface area contributed by atoms with E-state index >= 15 is 0 Å². The number of rotatable bonds is 4. The summed E-state index contributed by atoms with van der Waals surface area (Å²) < 4.78 is 5.72. The SMILES string of the molecule is CC(C)(C)c1ccc(OCc2nc(CN)cs2)cc1. The van der Waals surface area contributed by atoms with Crippen molar-refractivity contribution in [2.45, 2.75) is 39.3 Å². The molecule has 102 valence electrons. The van der Waals surface area contributed by atoms with E-state index in [-0.39, 0.29) is 5.41 Å². The third kappa shape index (κ3) is 3.78. The molecule has 2 aromatic rings. The fourth-order valence-corrected chi connectivity index (χ4v) is 2.42. The monoisotopic (exact) mass is 276 g/mol. The molecular formula is C15H20N2OS. The van der Waals surface area contributed by atoms with Gasteiger partial charge in [0.15, 0.2) is 0 Å². The van der Waals surface area contributed by atoms with Crippen molar-refractivity contribution in [3.8, 4) is 5.75 Å². The highest BCUT2D eigenvalue weighted by Gasteiger charge is 2.13. The lowest BCUT2D eigenvalue weighted by atomic mass is 9.87. The first-order valence-corrected chi connectivity index (χ1v) is 7.23. The second kappa shape index (κ2) is 5.72. The predicted molar refractivity (Wildman–Crippen MR) is 79.5 cm³/mol. The predicted octanol–water partition coefficient (Wildman–Crippen LogP) is 3.48. The molecule has 0 aliphatic heterocycles. The molecule has 0 amide bonds. The van der Waals surface area contributed by atoms with Crippen LogP contribution >= 0.6 is 11.3 Å². The third-order valence-electron chi connectivity index (χ3n) is 2.89. The Morgan fingerprint density at radius 1 is 1.21 bits per heavy atom. The minimum absolute atomic E-state index is 0.171. The van der Waals surface area contributed by atoms with Crippen molar-refractivity contribution >= 4 is 11.3 Å². The Labute approximate surface area is 118 Å². The van der Waals surface area contributed by atoms with Gasteiger partial charge in [0.25, 0.3) is 0 Å². The van der Waals surface area contributed by atoms with Crippen LogP contribution in [0.4, 0.5) is 0 Å². The van der Waals surface area contributed by atoms with Gasteiger partial charge < -0.3 is 10.5 Å². The van der Waals surface area contributed by atoms with Crippen LogP contribution in [0.5, 0.6) is 5.75 Å². The molecule has 0 atom stereocenters. The standard InChI is InChI=1S/C15H20N2OS/c1-15(2,3)11-4-6-13(7-5-11)18-9-14-17-12(8-16)10-19-14/h4-7,10H,8-9,16H2,1-3H3. The molecule has 1 aromatic carbocycles. The van der Waals surface area contributed by atoms with Gasteiger partial charge in [0.1, 0.15) is 17.4 Å². The molecule has 0 fully saturated rings. The summed E-state index contributed by atoms with van der Waals surface area (Å²) in [6.07, 6.45) is 0. The Balaban J connectivity index is 1.96. The van der Waals surface area contributed by atoms with Crippen molar-refractivity contribution in [1.82, 2.24) is 4.98 Å². The van der Waals surface area contributed by atoms with Crippen molar-refractivity contribution in [1.29, 1.82) is 0 Å². The Bertz CT molecular complexity index is 526.